The van der Waals surface area contributed by atoms with Gasteiger partial charge in [-0.1, -0.05) is 20.8 Å². The van der Waals surface area contributed by atoms with E-state index < -0.39 is 0 Å². The van der Waals surface area contributed by atoms with E-state index in [1.165, 1.54) is 0 Å². The first kappa shape index (κ1) is 12.5. The minimum Gasteiger partial charge on any atom is -0.496 e. The van der Waals surface area contributed by atoms with E-state index in [1.807, 2.05) is 6.07 Å². The third kappa shape index (κ3) is 2.71. The zero-order valence-corrected chi connectivity index (χ0v) is 11.6. The predicted molar refractivity (Wildman–Crippen MR) is 69.8 cm³/mol. The second-order valence-electron chi connectivity index (χ2n) is 4.44. The Hall–Kier alpha value is -0.580. The fraction of sp³-hybridized carbons (Fsp3) is 0.417. The average molecular weight is 318 g/mol. The summed E-state index contributed by atoms with van der Waals surface area (Å²) in [5.41, 5.74) is 1.66. The first-order valence-electron chi connectivity index (χ1n) is 4.73. The van der Waals surface area contributed by atoms with Crippen molar-refractivity contribution in [3.8, 4) is 5.75 Å². The summed E-state index contributed by atoms with van der Waals surface area (Å²) in [5.74, 6) is 0.693. The van der Waals surface area contributed by atoms with Crippen LogP contribution in [0, 0.1) is 3.57 Å². The number of carbonyl (C=O) groups is 1. The number of aldehydes is 1. The minimum atomic E-state index is -0.0235. The fourth-order valence-corrected chi connectivity index (χ4v) is 2.13. The summed E-state index contributed by atoms with van der Waals surface area (Å²) >= 11 is 2.21. The van der Waals surface area contributed by atoms with E-state index >= 15 is 0 Å². The molecule has 0 unspecified atom stereocenters. The lowest BCUT2D eigenvalue weighted by molar-refractivity contribution is 0.112. The van der Waals surface area contributed by atoms with Crippen molar-refractivity contribution >= 4 is 28.9 Å². The number of ether oxygens (including phenoxy) is 1. The summed E-state index contributed by atoms with van der Waals surface area (Å²) in [6, 6.07) is 3.90. The van der Waals surface area contributed by atoms with Crippen LogP contribution < -0.4 is 4.74 Å². The number of hydrogen-bond acceptors (Lipinski definition) is 2. The molecule has 0 heterocycles. The first-order valence-corrected chi connectivity index (χ1v) is 5.81. The maximum absolute atomic E-state index is 10.9. The maximum Gasteiger partial charge on any atom is 0.153 e. The van der Waals surface area contributed by atoms with Crippen molar-refractivity contribution in [2.24, 2.45) is 0 Å². The zero-order chi connectivity index (χ0) is 11.6. The smallest absolute Gasteiger partial charge is 0.153 e. The summed E-state index contributed by atoms with van der Waals surface area (Å²) in [4.78, 5) is 10.9. The Balaban J connectivity index is 3.49. The molecular weight excluding hydrogens is 303 g/mol. The molecule has 0 fully saturated rings. The van der Waals surface area contributed by atoms with Crippen molar-refractivity contribution in [1.29, 1.82) is 0 Å². The number of halogens is 1. The Bertz CT molecular complexity index is 378. The molecule has 0 aliphatic carbocycles. The van der Waals surface area contributed by atoms with Crippen LogP contribution in [-0.4, -0.2) is 13.4 Å². The predicted octanol–water partition coefficient (Wildman–Crippen LogP) is 3.41. The maximum atomic E-state index is 10.9. The molecule has 0 aromatic heterocycles. The summed E-state index contributed by atoms with van der Waals surface area (Å²) in [6.45, 7) is 6.32. The summed E-state index contributed by atoms with van der Waals surface area (Å²) in [5, 5.41) is 0. The molecule has 82 valence electrons. The van der Waals surface area contributed by atoms with Crippen LogP contribution in [0.15, 0.2) is 12.1 Å². The third-order valence-electron chi connectivity index (χ3n) is 2.22. The molecule has 0 amide bonds. The average Bonchev–Trinajstić information content (AvgIpc) is 2.15. The van der Waals surface area contributed by atoms with Crippen LogP contribution in [0.2, 0.25) is 0 Å². The second-order valence-corrected chi connectivity index (χ2v) is 5.69. The molecule has 2 nitrogen and oxygen atoms in total. The van der Waals surface area contributed by atoms with Gasteiger partial charge in [0.25, 0.3) is 0 Å². The zero-order valence-electron chi connectivity index (χ0n) is 9.43. The standard InChI is InChI=1S/C12H15IO2/c1-12(2,3)10-6-9(13)5-8(7-14)11(10)15-4/h5-7H,1-4H3. The van der Waals surface area contributed by atoms with Gasteiger partial charge in [-0.15, -0.1) is 0 Å². The lowest BCUT2D eigenvalue weighted by Crippen LogP contribution is -2.14. The first-order chi connectivity index (χ1) is 6.90. The van der Waals surface area contributed by atoms with Crippen LogP contribution in [0.5, 0.6) is 5.75 Å². The van der Waals surface area contributed by atoms with Gasteiger partial charge in [0.1, 0.15) is 5.75 Å². The number of methoxy groups -OCH3 is 1. The Kier molecular flexibility index (Phi) is 3.76. The van der Waals surface area contributed by atoms with Crippen molar-refractivity contribution in [2.75, 3.05) is 7.11 Å². The number of hydrogen-bond donors (Lipinski definition) is 0. The molecule has 1 aromatic rings. The summed E-state index contributed by atoms with van der Waals surface area (Å²) in [7, 11) is 1.60. The van der Waals surface area contributed by atoms with Crippen LogP contribution in [-0.2, 0) is 5.41 Å². The molecule has 0 spiro atoms. The van der Waals surface area contributed by atoms with Gasteiger partial charge in [0.2, 0.25) is 0 Å². The third-order valence-corrected chi connectivity index (χ3v) is 2.84. The van der Waals surface area contributed by atoms with Crippen LogP contribution in [0.25, 0.3) is 0 Å². The van der Waals surface area contributed by atoms with Crippen molar-refractivity contribution in [2.45, 2.75) is 26.2 Å². The molecule has 15 heavy (non-hydrogen) atoms. The van der Waals surface area contributed by atoms with E-state index in [1.54, 1.807) is 7.11 Å². The van der Waals surface area contributed by atoms with Gasteiger partial charge in [-0.3, -0.25) is 4.79 Å². The van der Waals surface area contributed by atoms with Gasteiger partial charge >= 0.3 is 0 Å². The second kappa shape index (κ2) is 4.51. The molecule has 0 bridgehead atoms. The molecule has 0 aliphatic rings. The number of rotatable bonds is 2. The van der Waals surface area contributed by atoms with E-state index in [2.05, 4.69) is 49.4 Å². The molecule has 0 N–H and O–H groups in total. The van der Waals surface area contributed by atoms with Gasteiger partial charge < -0.3 is 4.74 Å². The van der Waals surface area contributed by atoms with Crippen LogP contribution in [0.4, 0.5) is 0 Å². The number of benzene rings is 1. The molecule has 0 aliphatic heterocycles. The molecule has 1 rings (SSSR count). The Morgan fingerprint density at radius 3 is 2.33 bits per heavy atom. The number of carbonyl (C=O) groups excluding carboxylic acids is 1. The van der Waals surface area contributed by atoms with Gasteiger partial charge in [-0.25, -0.2) is 0 Å². The highest BCUT2D eigenvalue weighted by Gasteiger charge is 2.21. The highest BCUT2D eigenvalue weighted by atomic mass is 127. The SMILES string of the molecule is COc1c(C=O)cc(I)cc1C(C)(C)C. The minimum absolute atomic E-state index is 0.0235. The summed E-state index contributed by atoms with van der Waals surface area (Å²) < 4.78 is 6.37. The van der Waals surface area contributed by atoms with E-state index in [0.29, 0.717) is 11.3 Å². The van der Waals surface area contributed by atoms with Crippen molar-refractivity contribution in [3.05, 3.63) is 26.8 Å². The fourth-order valence-electron chi connectivity index (χ4n) is 1.49. The van der Waals surface area contributed by atoms with E-state index in [4.69, 9.17) is 4.74 Å². The molecule has 1 aromatic carbocycles. The van der Waals surface area contributed by atoms with Gasteiger partial charge in [0.15, 0.2) is 6.29 Å². The van der Waals surface area contributed by atoms with Gasteiger partial charge in [-0.05, 0) is 40.1 Å². The highest BCUT2D eigenvalue weighted by molar-refractivity contribution is 14.1. The molecule has 0 atom stereocenters. The van der Waals surface area contributed by atoms with Crippen LogP contribution in [0.1, 0.15) is 36.7 Å². The van der Waals surface area contributed by atoms with Crippen molar-refractivity contribution in [3.63, 3.8) is 0 Å². The Morgan fingerprint density at radius 2 is 1.93 bits per heavy atom. The van der Waals surface area contributed by atoms with Gasteiger partial charge in [0, 0.05) is 9.13 Å². The lowest BCUT2D eigenvalue weighted by Gasteiger charge is -2.23. The normalized spacial score (nSPS) is 11.3. The lowest BCUT2D eigenvalue weighted by atomic mass is 9.85. The van der Waals surface area contributed by atoms with E-state index in [0.717, 1.165) is 15.4 Å². The van der Waals surface area contributed by atoms with Crippen molar-refractivity contribution < 1.29 is 9.53 Å². The highest BCUT2D eigenvalue weighted by Crippen LogP contribution is 2.34. The van der Waals surface area contributed by atoms with Crippen LogP contribution in [0.3, 0.4) is 0 Å². The van der Waals surface area contributed by atoms with E-state index in [9.17, 15) is 4.79 Å². The molecular formula is C12H15IO2. The molecule has 0 radical (unpaired) electrons. The Labute approximate surface area is 104 Å². The largest absolute Gasteiger partial charge is 0.496 e. The molecule has 0 saturated carbocycles. The monoisotopic (exact) mass is 318 g/mol. The molecule has 0 saturated heterocycles. The Morgan fingerprint density at radius 1 is 1.33 bits per heavy atom. The summed E-state index contributed by atoms with van der Waals surface area (Å²) in [6.07, 6.45) is 0.843. The molecule has 3 heteroatoms. The van der Waals surface area contributed by atoms with Crippen molar-refractivity contribution in [1.82, 2.24) is 0 Å². The van der Waals surface area contributed by atoms with Crippen LogP contribution >= 0.6 is 22.6 Å². The van der Waals surface area contributed by atoms with Gasteiger partial charge in [-0.2, -0.15) is 0 Å². The topological polar surface area (TPSA) is 26.3 Å². The quantitative estimate of drug-likeness (QED) is 0.617. The van der Waals surface area contributed by atoms with E-state index in [-0.39, 0.29) is 5.41 Å². The van der Waals surface area contributed by atoms with Gasteiger partial charge in [0.05, 0.1) is 12.7 Å².